The maximum Gasteiger partial charge on any atom is 0.416 e. The van der Waals surface area contributed by atoms with E-state index >= 15 is 0 Å². The van der Waals surface area contributed by atoms with Crippen LogP contribution in [0.1, 0.15) is 32.7 Å². The van der Waals surface area contributed by atoms with E-state index in [-0.39, 0.29) is 12.3 Å². The summed E-state index contributed by atoms with van der Waals surface area (Å²) >= 11 is 0. The number of hydrogen-bond donors (Lipinski definition) is 2. The molecule has 0 bridgehead atoms. The number of nitrogens with zero attached hydrogens (tertiary/aromatic N) is 1. The Kier molecular flexibility index (Phi) is 5.52. The number of allylic oxidation sites excluding steroid dienone is 1. The molecule has 0 aliphatic heterocycles. The minimum Gasteiger partial charge on any atom is -0.366 e. The molecule has 0 radical (unpaired) electrons. The van der Waals surface area contributed by atoms with Crippen molar-refractivity contribution in [2.24, 2.45) is 5.73 Å². The lowest BCUT2D eigenvalue weighted by molar-refractivity contribution is -0.137. The lowest BCUT2D eigenvalue weighted by atomic mass is 9.97. The predicted octanol–water partition coefficient (Wildman–Crippen LogP) is 4.12. The summed E-state index contributed by atoms with van der Waals surface area (Å²) in [6, 6.07) is 13.2. The van der Waals surface area contributed by atoms with Crippen molar-refractivity contribution < 1.29 is 22.8 Å². The first kappa shape index (κ1) is 21.3. The summed E-state index contributed by atoms with van der Waals surface area (Å²) < 4.78 is 38.2. The number of carbonyl (C=O) groups excluding carboxylic acids is 2. The van der Waals surface area contributed by atoms with Crippen molar-refractivity contribution in [1.82, 2.24) is 10.3 Å². The van der Waals surface area contributed by atoms with Gasteiger partial charge in [-0.2, -0.15) is 13.2 Å². The first-order chi connectivity index (χ1) is 15.2. The van der Waals surface area contributed by atoms with Crippen molar-refractivity contribution in [2.45, 2.75) is 19.0 Å². The number of benzene rings is 2. The minimum absolute atomic E-state index is 0.0719. The highest BCUT2D eigenvalue weighted by Gasteiger charge is 2.30. The lowest BCUT2D eigenvalue weighted by Gasteiger charge is -2.14. The molecule has 2 amide bonds. The van der Waals surface area contributed by atoms with Gasteiger partial charge < -0.3 is 11.1 Å². The number of carbonyl (C=O) groups is 2. The minimum atomic E-state index is -4.42. The van der Waals surface area contributed by atoms with Crippen molar-refractivity contribution in [3.8, 4) is 11.1 Å². The fraction of sp³-hybridized carbons (Fsp3) is 0.125. The summed E-state index contributed by atoms with van der Waals surface area (Å²) in [7, 11) is 0. The van der Waals surface area contributed by atoms with Crippen molar-refractivity contribution in [3.05, 3.63) is 94.8 Å². The van der Waals surface area contributed by atoms with Gasteiger partial charge in [0, 0.05) is 29.4 Å². The van der Waals surface area contributed by atoms with E-state index in [2.05, 4.69) is 10.3 Å². The number of hydrogen-bond acceptors (Lipinski definition) is 3. The molecule has 162 valence electrons. The van der Waals surface area contributed by atoms with Crippen LogP contribution in [0.15, 0.2) is 66.9 Å². The van der Waals surface area contributed by atoms with Crippen LogP contribution in [0.4, 0.5) is 13.2 Å². The summed E-state index contributed by atoms with van der Waals surface area (Å²) in [6.07, 6.45) is -0.476. The summed E-state index contributed by atoms with van der Waals surface area (Å²) in [5.41, 5.74) is 9.10. The van der Waals surface area contributed by atoms with E-state index < -0.39 is 17.6 Å². The average molecular weight is 437 g/mol. The number of alkyl halides is 3. The zero-order valence-corrected chi connectivity index (χ0v) is 16.7. The fourth-order valence-corrected chi connectivity index (χ4v) is 3.65. The van der Waals surface area contributed by atoms with Crippen LogP contribution in [0.5, 0.6) is 0 Å². The van der Waals surface area contributed by atoms with Gasteiger partial charge in [-0.05, 0) is 47.0 Å². The molecule has 1 aliphatic rings. The molecule has 3 N–H and O–H groups in total. The van der Waals surface area contributed by atoms with Gasteiger partial charge in [0.15, 0.2) is 0 Å². The van der Waals surface area contributed by atoms with Crippen molar-refractivity contribution in [1.29, 1.82) is 0 Å². The van der Waals surface area contributed by atoms with E-state index in [9.17, 15) is 22.8 Å². The van der Waals surface area contributed by atoms with Crippen LogP contribution in [0.2, 0.25) is 0 Å². The Labute approximate surface area is 181 Å². The Morgan fingerprint density at radius 1 is 1.06 bits per heavy atom. The Morgan fingerprint density at radius 2 is 1.81 bits per heavy atom. The Hall–Kier alpha value is -3.94. The van der Waals surface area contributed by atoms with Crippen molar-refractivity contribution in [3.63, 3.8) is 0 Å². The summed E-state index contributed by atoms with van der Waals surface area (Å²) in [6.45, 7) is 0. The molecular weight excluding hydrogens is 419 g/mol. The summed E-state index contributed by atoms with van der Waals surface area (Å²) in [4.78, 5) is 28.5. The molecule has 0 saturated heterocycles. The van der Waals surface area contributed by atoms with Crippen LogP contribution in [0.3, 0.4) is 0 Å². The van der Waals surface area contributed by atoms with Gasteiger partial charge in [-0.3, -0.25) is 14.6 Å². The zero-order chi connectivity index (χ0) is 22.9. The number of nitrogens with two attached hydrogens (primary N) is 1. The highest BCUT2D eigenvalue weighted by atomic mass is 19.4. The summed E-state index contributed by atoms with van der Waals surface area (Å²) in [5.74, 6) is -0.900. The molecule has 0 spiro atoms. The molecule has 1 heterocycles. The van der Waals surface area contributed by atoms with Crippen LogP contribution in [0.25, 0.3) is 16.8 Å². The maximum absolute atomic E-state index is 12.7. The van der Waals surface area contributed by atoms with Crippen LogP contribution in [-0.2, 0) is 23.8 Å². The summed E-state index contributed by atoms with van der Waals surface area (Å²) in [5, 5.41) is 2.84. The highest BCUT2D eigenvalue weighted by Crippen LogP contribution is 2.34. The van der Waals surface area contributed by atoms with Gasteiger partial charge in [0.2, 0.25) is 11.8 Å². The van der Waals surface area contributed by atoms with E-state index in [1.165, 1.54) is 12.1 Å². The molecule has 0 atom stereocenters. The third-order valence-electron chi connectivity index (χ3n) is 5.18. The molecule has 8 heteroatoms. The number of primary amides is 1. The number of aromatic nitrogens is 1. The van der Waals surface area contributed by atoms with Crippen LogP contribution < -0.4 is 11.1 Å². The quantitative estimate of drug-likeness (QED) is 0.630. The van der Waals surface area contributed by atoms with Gasteiger partial charge in [0.25, 0.3) is 0 Å². The highest BCUT2D eigenvalue weighted by molar-refractivity contribution is 5.96. The Balaban J connectivity index is 1.55. The first-order valence-corrected chi connectivity index (χ1v) is 9.77. The number of pyridine rings is 1. The molecule has 32 heavy (non-hydrogen) atoms. The van der Waals surface area contributed by atoms with E-state index in [1.807, 2.05) is 12.1 Å². The molecule has 1 aromatic heterocycles. The third kappa shape index (κ3) is 4.39. The fourth-order valence-electron chi connectivity index (χ4n) is 3.65. The molecule has 4 rings (SSSR count). The molecule has 2 aromatic carbocycles. The second-order valence-corrected chi connectivity index (χ2v) is 7.37. The van der Waals surface area contributed by atoms with Gasteiger partial charge >= 0.3 is 6.18 Å². The van der Waals surface area contributed by atoms with E-state index in [0.29, 0.717) is 23.2 Å². The number of halogens is 3. The SMILES string of the molecule is NC(=O)c1cccc(-c2ccnc3c2C(NC(=O)Cc2ccc(C(F)(F)F)cc2)=CC3)c1. The largest absolute Gasteiger partial charge is 0.416 e. The molecule has 5 nitrogen and oxygen atoms in total. The van der Waals surface area contributed by atoms with Crippen molar-refractivity contribution >= 4 is 17.5 Å². The molecule has 0 saturated carbocycles. The standard InChI is InChI=1S/C24H18F3N3O2/c25-24(26,27)17-6-4-14(5-7-17)12-21(31)30-20-9-8-19-22(20)18(10-11-29-19)15-2-1-3-16(13-15)23(28)32/h1-7,9-11,13H,8,12H2,(H2,28,32)(H,30,31). The molecule has 1 aliphatic carbocycles. The second-order valence-electron chi connectivity index (χ2n) is 7.37. The van der Waals surface area contributed by atoms with Gasteiger partial charge in [0.1, 0.15) is 0 Å². The molecule has 3 aromatic rings. The number of nitrogens with one attached hydrogen (secondary N) is 1. The molecular formula is C24H18F3N3O2. The predicted molar refractivity (Wildman–Crippen MR) is 113 cm³/mol. The number of amides is 2. The van der Waals surface area contributed by atoms with E-state index in [0.717, 1.165) is 34.5 Å². The van der Waals surface area contributed by atoms with E-state index in [4.69, 9.17) is 5.73 Å². The van der Waals surface area contributed by atoms with Crippen LogP contribution in [-0.4, -0.2) is 16.8 Å². The smallest absolute Gasteiger partial charge is 0.366 e. The van der Waals surface area contributed by atoms with Gasteiger partial charge in [-0.15, -0.1) is 0 Å². The third-order valence-corrected chi connectivity index (χ3v) is 5.18. The Bertz CT molecular complexity index is 1230. The van der Waals surface area contributed by atoms with Gasteiger partial charge in [-0.1, -0.05) is 30.3 Å². The Morgan fingerprint density at radius 3 is 2.50 bits per heavy atom. The lowest BCUT2D eigenvalue weighted by Crippen LogP contribution is -2.23. The monoisotopic (exact) mass is 437 g/mol. The van der Waals surface area contributed by atoms with Crippen LogP contribution >= 0.6 is 0 Å². The second kappa shape index (κ2) is 8.30. The topological polar surface area (TPSA) is 85.1 Å². The van der Waals surface area contributed by atoms with Crippen molar-refractivity contribution in [2.75, 3.05) is 0 Å². The van der Waals surface area contributed by atoms with Gasteiger partial charge in [-0.25, -0.2) is 0 Å². The normalized spacial score (nSPS) is 12.8. The van der Waals surface area contributed by atoms with Gasteiger partial charge in [0.05, 0.1) is 17.7 Å². The van der Waals surface area contributed by atoms with Crippen LogP contribution in [0, 0.1) is 0 Å². The number of fused-ring (bicyclic) bond motifs is 1. The number of rotatable bonds is 5. The first-order valence-electron chi connectivity index (χ1n) is 9.77. The molecule has 0 unspecified atom stereocenters. The molecule has 0 fully saturated rings. The van der Waals surface area contributed by atoms with E-state index in [1.54, 1.807) is 30.5 Å². The zero-order valence-electron chi connectivity index (χ0n) is 16.7. The average Bonchev–Trinajstić information content (AvgIpc) is 3.16. The maximum atomic E-state index is 12.7.